The summed E-state index contributed by atoms with van der Waals surface area (Å²) in [5, 5.41) is 9.16. The van der Waals surface area contributed by atoms with Crippen molar-refractivity contribution in [3.63, 3.8) is 0 Å². The summed E-state index contributed by atoms with van der Waals surface area (Å²) in [5.74, 6) is -0.647. The third-order valence-electron chi connectivity index (χ3n) is 3.18. The second-order valence-corrected chi connectivity index (χ2v) is 6.60. The molecule has 0 aliphatic rings. The van der Waals surface area contributed by atoms with E-state index in [4.69, 9.17) is 17.3 Å². The molecule has 5 heteroatoms. The monoisotopic (exact) mass is 301 g/mol. The van der Waals surface area contributed by atoms with Gasteiger partial charge in [0.2, 0.25) is 5.91 Å². The maximum atomic E-state index is 12.0. The maximum absolute atomic E-state index is 12.0. The van der Waals surface area contributed by atoms with Crippen LogP contribution in [0.4, 0.5) is 0 Å². The largest absolute Gasteiger partial charge is 0.480 e. The molecule has 0 aromatic rings. The minimum Gasteiger partial charge on any atom is -0.480 e. The zero-order valence-corrected chi connectivity index (χ0v) is 14.0. The smallest absolute Gasteiger partial charge is 0.326 e. The SMILES string of the molecule is CC(C)CC(=S)CCCC(=O)N(C)[C@H](C(=O)O)C(C)C. The van der Waals surface area contributed by atoms with Crippen molar-refractivity contribution in [3.05, 3.63) is 0 Å². The number of nitrogens with zero attached hydrogens (tertiary/aromatic N) is 1. The number of carbonyl (C=O) groups is 2. The second-order valence-electron chi connectivity index (χ2n) is 6.02. The van der Waals surface area contributed by atoms with Gasteiger partial charge in [0.15, 0.2) is 0 Å². The van der Waals surface area contributed by atoms with Gasteiger partial charge in [-0.25, -0.2) is 4.79 Å². The Morgan fingerprint density at radius 1 is 1.15 bits per heavy atom. The summed E-state index contributed by atoms with van der Waals surface area (Å²) in [6.45, 7) is 7.84. The van der Waals surface area contributed by atoms with Crippen LogP contribution in [0.25, 0.3) is 0 Å². The van der Waals surface area contributed by atoms with E-state index in [0.717, 1.165) is 17.7 Å². The number of hydrogen-bond donors (Lipinski definition) is 1. The van der Waals surface area contributed by atoms with Crippen LogP contribution in [-0.2, 0) is 9.59 Å². The fourth-order valence-electron chi connectivity index (χ4n) is 2.22. The quantitative estimate of drug-likeness (QED) is 0.665. The third-order valence-corrected chi connectivity index (χ3v) is 3.55. The number of thiocarbonyl (C=S) groups is 1. The fourth-order valence-corrected chi connectivity index (χ4v) is 2.70. The summed E-state index contributed by atoms with van der Waals surface area (Å²) in [6, 6.07) is -0.759. The molecule has 0 aliphatic heterocycles. The van der Waals surface area contributed by atoms with E-state index in [-0.39, 0.29) is 11.8 Å². The van der Waals surface area contributed by atoms with Crippen LogP contribution in [0.1, 0.15) is 53.4 Å². The molecule has 116 valence electrons. The fraction of sp³-hybridized carbons (Fsp3) is 0.800. The normalized spacial score (nSPS) is 12.6. The Morgan fingerprint density at radius 2 is 1.70 bits per heavy atom. The van der Waals surface area contributed by atoms with Crippen LogP contribution in [0, 0.1) is 11.8 Å². The molecule has 1 atom stereocenters. The highest BCUT2D eigenvalue weighted by Gasteiger charge is 2.28. The zero-order valence-electron chi connectivity index (χ0n) is 13.2. The average molecular weight is 301 g/mol. The highest BCUT2D eigenvalue weighted by atomic mass is 32.1. The van der Waals surface area contributed by atoms with Gasteiger partial charge in [0.25, 0.3) is 0 Å². The molecule has 0 unspecified atom stereocenters. The number of carboxylic acids is 1. The van der Waals surface area contributed by atoms with E-state index in [0.29, 0.717) is 18.8 Å². The first kappa shape index (κ1) is 19.0. The van der Waals surface area contributed by atoms with E-state index >= 15 is 0 Å². The predicted octanol–water partition coefficient (Wildman–Crippen LogP) is 3.14. The van der Waals surface area contributed by atoms with E-state index < -0.39 is 12.0 Å². The Morgan fingerprint density at radius 3 is 2.10 bits per heavy atom. The first-order chi connectivity index (χ1) is 9.16. The molecule has 1 amide bonds. The number of amides is 1. The van der Waals surface area contributed by atoms with E-state index in [1.807, 2.05) is 0 Å². The van der Waals surface area contributed by atoms with Gasteiger partial charge in [-0.3, -0.25) is 4.79 Å². The van der Waals surface area contributed by atoms with Crippen molar-refractivity contribution >= 4 is 29.0 Å². The van der Waals surface area contributed by atoms with Crippen molar-refractivity contribution in [2.75, 3.05) is 7.05 Å². The molecule has 0 bridgehead atoms. The lowest BCUT2D eigenvalue weighted by molar-refractivity contribution is -0.151. The van der Waals surface area contributed by atoms with Gasteiger partial charge in [-0.05, 0) is 36.0 Å². The lowest BCUT2D eigenvalue weighted by atomic mass is 10.0. The molecule has 0 saturated heterocycles. The molecule has 0 radical (unpaired) electrons. The zero-order chi connectivity index (χ0) is 15.9. The van der Waals surface area contributed by atoms with Gasteiger partial charge in [-0.2, -0.15) is 0 Å². The lowest BCUT2D eigenvalue weighted by Gasteiger charge is -2.27. The number of rotatable bonds is 9. The second kappa shape index (κ2) is 9.06. The molecular weight excluding hydrogens is 274 g/mol. The van der Waals surface area contributed by atoms with Crippen LogP contribution in [0.2, 0.25) is 0 Å². The summed E-state index contributed by atoms with van der Waals surface area (Å²) in [7, 11) is 1.56. The first-order valence-electron chi connectivity index (χ1n) is 7.17. The topological polar surface area (TPSA) is 57.6 Å². The molecule has 0 aliphatic carbocycles. The van der Waals surface area contributed by atoms with Gasteiger partial charge < -0.3 is 10.0 Å². The molecule has 4 nitrogen and oxygen atoms in total. The molecule has 20 heavy (non-hydrogen) atoms. The standard InChI is InChI=1S/C15H27NO3S/c1-10(2)9-12(20)7-6-8-13(17)16(5)14(11(3)4)15(18)19/h10-11,14H,6-9H2,1-5H3,(H,18,19)/t14-/m0/s1. The van der Waals surface area contributed by atoms with Gasteiger partial charge >= 0.3 is 5.97 Å². The molecule has 0 aromatic carbocycles. The molecule has 0 heterocycles. The summed E-state index contributed by atoms with van der Waals surface area (Å²) in [5.41, 5.74) is 0. The summed E-state index contributed by atoms with van der Waals surface area (Å²) in [6.07, 6.45) is 2.71. The Bertz CT molecular complexity index is 353. The number of aliphatic carboxylic acids is 1. The minimum absolute atomic E-state index is 0.108. The number of likely N-dealkylation sites (N-methyl/N-ethyl adjacent to an activating group) is 1. The Kier molecular flexibility index (Phi) is 8.62. The first-order valence-corrected chi connectivity index (χ1v) is 7.57. The molecule has 0 rings (SSSR count). The molecular formula is C15H27NO3S. The molecule has 1 N–H and O–H groups in total. The van der Waals surface area contributed by atoms with Crippen LogP contribution < -0.4 is 0 Å². The van der Waals surface area contributed by atoms with Crippen LogP contribution in [-0.4, -0.2) is 39.8 Å². The minimum atomic E-state index is -0.953. The summed E-state index contributed by atoms with van der Waals surface area (Å²) < 4.78 is 0. The van der Waals surface area contributed by atoms with Gasteiger partial charge in [0, 0.05) is 13.5 Å². The van der Waals surface area contributed by atoms with Gasteiger partial charge in [0.05, 0.1) is 0 Å². The Hall–Kier alpha value is -0.970. The van der Waals surface area contributed by atoms with Gasteiger partial charge in [-0.1, -0.05) is 39.9 Å². The van der Waals surface area contributed by atoms with E-state index in [9.17, 15) is 9.59 Å². The van der Waals surface area contributed by atoms with E-state index in [2.05, 4.69) is 13.8 Å². The number of hydrogen-bond acceptors (Lipinski definition) is 3. The van der Waals surface area contributed by atoms with Crippen LogP contribution in [0.5, 0.6) is 0 Å². The van der Waals surface area contributed by atoms with Crippen molar-refractivity contribution in [3.8, 4) is 0 Å². The van der Waals surface area contributed by atoms with E-state index in [1.54, 1.807) is 20.9 Å². The molecule has 0 spiro atoms. The van der Waals surface area contributed by atoms with Crippen LogP contribution >= 0.6 is 12.2 Å². The number of carbonyl (C=O) groups excluding carboxylic acids is 1. The average Bonchev–Trinajstić information content (AvgIpc) is 2.26. The number of carboxylic acid groups (broad SMARTS) is 1. The summed E-state index contributed by atoms with van der Waals surface area (Å²) in [4.78, 5) is 25.5. The van der Waals surface area contributed by atoms with Crippen molar-refractivity contribution in [2.45, 2.75) is 59.4 Å². The lowest BCUT2D eigenvalue weighted by Crippen LogP contribution is -2.45. The van der Waals surface area contributed by atoms with Crippen molar-refractivity contribution in [2.24, 2.45) is 11.8 Å². The van der Waals surface area contributed by atoms with Gasteiger partial charge in [0.1, 0.15) is 6.04 Å². The highest BCUT2D eigenvalue weighted by Crippen LogP contribution is 2.13. The molecule has 0 fully saturated rings. The highest BCUT2D eigenvalue weighted by molar-refractivity contribution is 7.80. The third kappa shape index (κ3) is 6.98. The van der Waals surface area contributed by atoms with Gasteiger partial charge in [-0.15, -0.1) is 0 Å². The molecule has 0 aromatic heterocycles. The maximum Gasteiger partial charge on any atom is 0.326 e. The Labute approximate surface area is 127 Å². The summed E-state index contributed by atoms with van der Waals surface area (Å²) >= 11 is 5.26. The van der Waals surface area contributed by atoms with Crippen LogP contribution in [0.3, 0.4) is 0 Å². The predicted molar refractivity (Wildman–Crippen MR) is 84.9 cm³/mol. The van der Waals surface area contributed by atoms with Crippen molar-refractivity contribution in [1.82, 2.24) is 4.90 Å². The van der Waals surface area contributed by atoms with E-state index in [1.165, 1.54) is 4.90 Å². The van der Waals surface area contributed by atoms with Crippen LogP contribution in [0.15, 0.2) is 0 Å². The van der Waals surface area contributed by atoms with Crippen molar-refractivity contribution in [1.29, 1.82) is 0 Å². The Balaban J connectivity index is 4.26. The molecule has 0 saturated carbocycles. The van der Waals surface area contributed by atoms with Crippen molar-refractivity contribution < 1.29 is 14.7 Å².